The smallest absolute Gasteiger partial charge is 0.219 e. The lowest BCUT2D eigenvalue weighted by Crippen LogP contribution is -2.35. The fraction of sp³-hybridized carbons (Fsp3) is 0.412. The number of nitrogens with zero attached hydrogens (tertiary/aromatic N) is 3. The molecule has 1 aromatic carbocycles. The van der Waals surface area contributed by atoms with Gasteiger partial charge in [0.15, 0.2) is 5.82 Å². The van der Waals surface area contributed by atoms with Crippen LogP contribution < -0.4 is 4.90 Å². The van der Waals surface area contributed by atoms with E-state index in [0.29, 0.717) is 6.54 Å². The van der Waals surface area contributed by atoms with Crippen molar-refractivity contribution in [1.29, 1.82) is 0 Å². The Hall–Kier alpha value is -2.01. The molecule has 0 bridgehead atoms. The van der Waals surface area contributed by atoms with Crippen molar-refractivity contribution < 1.29 is 4.79 Å². The Morgan fingerprint density at radius 3 is 2.96 bits per heavy atom. The van der Waals surface area contributed by atoms with E-state index in [9.17, 15) is 4.79 Å². The maximum Gasteiger partial charge on any atom is 0.219 e. The van der Waals surface area contributed by atoms with Gasteiger partial charge in [0.2, 0.25) is 5.91 Å². The van der Waals surface area contributed by atoms with Crippen LogP contribution in [0.3, 0.4) is 0 Å². The van der Waals surface area contributed by atoms with E-state index in [1.807, 2.05) is 17.0 Å². The minimum atomic E-state index is 0.116. The number of fused-ring (bicyclic) bond motifs is 2. The minimum Gasteiger partial charge on any atom is -0.338 e. The number of amides is 1. The Bertz CT molecular complexity index is 770. The second kappa shape index (κ2) is 5.57. The number of carbonyl (C=O) groups excluding carboxylic acids is 1. The molecule has 5 nitrogen and oxygen atoms in total. The molecule has 2 aliphatic rings. The topological polar surface area (TPSA) is 52.2 Å². The lowest BCUT2D eigenvalue weighted by molar-refractivity contribution is -0.129. The maximum absolute atomic E-state index is 11.7. The summed E-state index contributed by atoms with van der Waals surface area (Å²) in [6.45, 7) is 3.93. The summed E-state index contributed by atoms with van der Waals surface area (Å²) in [5.41, 5.74) is 4.61. The van der Waals surface area contributed by atoms with Gasteiger partial charge in [0.1, 0.15) is 0 Å². The van der Waals surface area contributed by atoms with Gasteiger partial charge in [0.25, 0.3) is 0 Å². The zero-order valence-corrected chi connectivity index (χ0v) is 13.9. The average Bonchev–Trinajstić information content (AvgIpc) is 2.97. The SMILES string of the molecule is CC(=O)N1CCc2[nH]nc(N3CCCc4c(Cl)cccc43)c2C1. The van der Waals surface area contributed by atoms with Crippen molar-refractivity contribution in [2.75, 3.05) is 18.0 Å². The van der Waals surface area contributed by atoms with Crippen LogP contribution in [-0.2, 0) is 24.2 Å². The first-order chi connectivity index (χ1) is 11.1. The molecule has 1 N–H and O–H groups in total. The van der Waals surface area contributed by atoms with E-state index in [1.54, 1.807) is 6.92 Å². The number of aromatic amines is 1. The third-order valence-corrected chi connectivity index (χ3v) is 5.16. The molecule has 0 unspecified atom stereocenters. The predicted octanol–water partition coefficient (Wildman–Crippen LogP) is 3.05. The Balaban J connectivity index is 1.75. The summed E-state index contributed by atoms with van der Waals surface area (Å²) in [4.78, 5) is 15.8. The van der Waals surface area contributed by atoms with E-state index in [-0.39, 0.29) is 5.91 Å². The highest BCUT2D eigenvalue weighted by Crippen LogP contribution is 2.39. The van der Waals surface area contributed by atoms with Gasteiger partial charge in [-0.1, -0.05) is 17.7 Å². The molecular weight excluding hydrogens is 312 g/mol. The van der Waals surface area contributed by atoms with Crippen LogP contribution in [0.1, 0.15) is 30.2 Å². The zero-order valence-electron chi connectivity index (χ0n) is 13.1. The second-order valence-corrected chi connectivity index (χ2v) is 6.59. The predicted molar refractivity (Wildman–Crippen MR) is 90.2 cm³/mol. The van der Waals surface area contributed by atoms with Gasteiger partial charge in [-0.25, -0.2) is 0 Å². The van der Waals surface area contributed by atoms with E-state index >= 15 is 0 Å². The zero-order chi connectivity index (χ0) is 16.0. The van der Waals surface area contributed by atoms with Crippen LogP contribution in [-0.4, -0.2) is 34.1 Å². The maximum atomic E-state index is 11.7. The van der Waals surface area contributed by atoms with E-state index in [2.05, 4.69) is 21.2 Å². The second-order valence-electron chi connectivity index (χ2n) is 6.19. The summed E-state index contributed by atoms with van der Waals surface area (Å²) in [5.74, 6) is 1.05. The number of hydrogen-bond acceptors (Lipinski definition) is 3. The number of halogens is 1. The van der Waals surface area contributed by atoms with Crippen molar-refractivity contribution >= 4 is 29.0 Å². The molecule has 2 aromatic rings. The average molecular weight is 331 g/mol. The Morgan fingerprint density at radius 2 is 2.13 bits per heavy atom. The van der Waals surface area contributed by atoms with Crippen molar-refractivity contribution in [2.24, 2.45) is 0 Å². The largest absolute Gasteiger partial charge is 0.338 e. The molecular formula is C17H19ClN4O. The Labute approximate surface area is 140 Å². The molecule has 0 aliphatic carbocycles. The molecule has 1 amide bonds. The number of nitrogens with one attached hydrogen (secondary N) is 1. The number of rotatable bonds is 1. The molecule has 120 valence electrons. The number of benzene rings is 1. The normalized spacial score (nSPS) is 17.0. The highest BCUT2D eigenvalue weighted by molar-refractivity contribution is 6.31. The van der Waals surface area contributed by atoms with Crippen LogP contribution in [0.5, 0.6) is 0 Å². The molecule has 1 aromatic heterocycles. The summed E-state index contributed by atoms with van der Waals surface area (Å²) in [5, 5.41) is 8.55. The van der Waals surface area contributed by atoms with E-state index in [1.165, 1.54) is 5.56 Å². The van der Waals surface area contributed by atoms with Crippen molar-refractivity contribution in [1.82, 2.24) is 15.1 Å². The summed E-state index contributed by atoms with van der Waals surface area (Å²) in [6.07, 6.45) is 2.88. The monoisotopic (exact) mass is 330 g/mol. The van der Waals surface area contributed by atoms with Gasteiger partial charge >= 0.3 is 0 Å². The molecule has 4 rings (SSSR count). The molecule has 0 saturated carbocycles. The van der Waals surface area contributed by atoms with Gasteiger partial charge in [0, 0.05) is 48.4 Å². The summed E-state index contributed by atoms with van der Waals surface area (Å²) < 4.78 is 0. The highest BCUT2D eigenvalue weighted by Gasteiger charge is 2.29. The van der Waals surface area contributed by atoms with Gasteiger partial charge < -0.3 is 9.80 Å². The number of H-pyrrole nitrogens is 1. The first-order valence-corrected chi connectivity index (χ1v) is 8.39. The first-order valence-electron chi connectivity index (χ1n) is 8.01. The molecule has 0 fully saturated rings. The van der Waals surface area contributed by atoms with E-state index in [4.69, 9.17) is 11.6 Å². The fourth-order valence-electron chi connectivity index (χ4n) is 3.57. The molecule has 2 aliphatic heterocycles. The van der Waals surface area contributed by atoms with E-state index in [0.717, 1.165) is 60.1 Å². The molecule has 0 spiro atoms. The van der Waals surface area contributed by atoms with Gasteiger partial charge in [-0.05, 0) is 30.5 Å². The third kappa shape index (κ3) is 2.39. The Kier molecular flexibility index (Phi) is 3.53. The van der Waals surface area contributed by atoms with Crippen LogP contribution in [0, 0.1) is 0 Å². The Morgan fingerprint density at radius 1 is 1.26 bits per heavy atom. The van der Waals surface area contributed by atoms with Gasteiger partial charge in [-0.3, -0.25) is 9.89 Å². The van der Waals surface area contributed by atoms with Crippen LogP contribution in [0.2, 0.25) is 5.02 Å². The molecule has 0 atom stereocenters. The van der Waals surface area contributed by atoms with Crippen molar-refractivity contribution in [2.45, 2.75) is 32.7 Å². The molecule has 6 heteroatoms. The molecule has 23 heavy (non-hydrogen) atoms. The summed E-state index contributed by atoms with van der Waals surface area (Å²) in [6, 6.07) is 6.04. The van der Waals surface area contributed by atoms with Gasteiger partial charge in [0.05, 0.1) is 6.54 Å². The van der Waals surface area contributed by atoms with Crippen LogP contribution >= 0.6 is 11.6 Å². The van der Waals surface area contributed by atoms with E-state index < -0.39 is 0 Å². The van der Waals surface area contributed by atoms with Crippen molar-refractivity contribution in [3.05, 3.63) is 40.0 Å². The van der Waals surface area contributed by atoms with Gasteiger partial charge in [-0.2, -0.15) is 5.10 Å². The van der Waals surface area contributed by atoms with Crippen LogP contribution in [0.25, 0.3) is 0 Å². The molecule has 0 radical (unpaired) electrons. The summed E-state index contributed by atoms with van der Waals surface area (Å²) >= 11 is 6.37. The number of aromatic nitrogens is 2. The van der Waals surface area contributed by atoms with Crippen molar-refractivity contribution in [3.8, 4) is 0 Å². The van der Waals surface area contributed by atoms with Gasteiger partial charge in [-0.15, -0.1) is 0 Å². The standard InChI is InChI=1S/C17H19ClN4O/c1-11(23)21-9-7-15-13(10-21)17(20-19-15)22-8-3-4-12-14(18)5-2-6-16(12)22/h2,5-6H,3-4,7-10H2,1H3,(H,19,20). The fourth-order valence-corrected chi connectivity index (χ4v) is 3.84. The van der Waals surface area contributed by atoms with Crippen LogP contribution in [0.4, 0.5) is 11.5 Å². The van der Waals surface area contributed by atoms with Crippen molar-refractivity contribution in [3.63, 3.8) is 0 Å². The lowest BCUT2D eigenvalue weighted by Gasteiger charge is -2.32. The number of hydrogen-bond donors (Lipinski definition) is 1. The first kappa shape index (κ1) is 14.6. The lowest BCUT2D eigenvalue weighted by atomic mass is 10.00. The molecule has 3 heterocycles. The van der Waals surface area contributed by atoms with Crippen LogP contribution in [0.15, 0.2) is 18.2 Å². The molecule has 0 saturated heterocycles. The quantitative estimate of drug-likeness (QED) is 0.874. The third-order valence-electron chi connectivity index (χ3n) is 4.81. The minimum absolute atomic E-state index is 0.116. The highest BCUT2D eigenvalue weighted by atomic mass is 35.5. The number of carbonyl (C=O) groups is 1. The number of anilines is 2. The summed E-state index contributed by atoms with van der Waals surface area (Å²) in [7, 11) is 0.